The molecule has 0 fully saturated rings. The number of benzene rings is 2. The maximum Gasteiger partial charge on any atom is 0.508 e. The van der Waals surface area contributed by atoms with Gasteiger partial charge in [-0.15, -0.1) is 0 Å². The first-order chi connectivity index (χ1) is 18.5. The summed E-state index contributed by atoms with van der Waals surface area (Å²) in [7, 11) is -3.14. The topological polar surface area (TPSA) is 35.5 Å². The predicted octanol–water partition coefficient (Wildman–Crippen LogP) is 10.2. The largest absolute Gasteiger partial charge is 0.508 e. The Morgan fingerprint density at radius 1 is 0.579 bits per heavy atom. The smallest absolute Gasteiger partial charge is 0.434 e. The second-order valence-electron chi connectivity index (χ2n) is 10.2. The second kappa shape index (κ2) is 16.6. The SMILES string of the molecule is CC[Si](CC)(CC)C(=CCCOC(=O)OCCC=C(c1ccccc1)[Si](CC)(CC)CC)c1ccccc1. The van der Waals surface area contributed by atoms with Crippen molar-refractivity contribution in [3.05, 3.63) is 83.9 Å². The zero-order chi connectivity index (χ0) is 27.9. The van der Waals surface area contributed by atoms with Gasteiger partial charge in [-0.05, 0) is 24.0 Å². The summed E-state index contributed by atoms with van der Waals surface area (Å²) in [6.07, 6.45) is 5.51. The van der Waals surface area contributed by atoms with Crippen molar-refractivity contribution in [3.63, 3.8) is 0 Å². The Bertz CT molecular complexity index is 909. The molecule has 0 heterocycles. The average molecular weight is 551 g/mol. The molecular weight excluding hydrogens is 501 g/mol. The third-order valence-electron chi connectivity index (χ3n) is 8.75. The van der Waals surface area contributed by atoms with Gasteiger partial charge in [-0.25, -0.2) is 4.79 Å². The van der Waals surface area contributed by atoms with Crippen LogP contribution in [-0.2, 0) is 9.47 Å². The van der Waals surface area contributed by atoms with Crippen molar-refractivity contribution >= 4 is 32.7 Å². The third-order valence-corrected chi connectivity index (χ3v) is 20.1. The van der Waals surface area contributed by atoms with E-state index in [2.05, 4.69) is 114 Å². The van der Waals surface area contributed by atoms with Gasteiger partial charge in [0.25, 0.3) is 0 Å². The van der Waals surface area contributed by atoms with Gasteiger partial charge in [0.2, 0.25) is 0 Å². The van der Waals surface area contributed by atoms with Crippen LogP contribution in [0.2, 0.25) is 36.3 Å². The van der Waals surface area contributed by atoms with E-state index in [1.165, 1.54) is 57.8 Å². The Hall–Kier alpha value is -2.38. The van der Waals surface area contributed by atoms with Gasteiger partial charge in [0.1, 0.15) is 0 Å². The second-order valence-corrected chi connectivity index (χ2v) is 20.6. The van der Waals surface area contributed by atoms with Gasteiger partial charge in [-0.2, -0.15) is 0 Å². The van der Waals surface area contributed by atoms with E-state index in [-0.39, 0.29) is 0 Å². The summed E-state index contributed by atoms with van der Waals surface area (Å²) < 4.78 is 10.9. The molecule has 5 heteroatoms. The number of ether oxygens (including phenoxy) is 2. The molecule has 0 saturated carbocycles. The van der Waals surface area contributed by atoms with Crippen molar-refractivity contribution in [1.29, 1.82) is 0 Å². The summed E-state index contributed by atoms with van der Waals surface area (Å²) in [5.74, 6) is 0. The van der Waals surface area contributed by atoms with Crippen LogP contribution in [0.1, 0.15) is 65.5 Å². The summed E-state index contributed by atoms with van der Waals surface area (Å²) in [6.45, 7) is 14.7. The molecule has 38 heavy (non-hydrogen) atoms. The highest BCUT2D eigenvalue weighted by Crippen LogP contribution is 2.36. The molecule has 208 valence electrons. The van der Waals surface area contributed by atoms with E-state index in [0.717, 1.165) is 0 Å². The van der Waals surface area contributed by atoms with Crippen LogP contribution >= 0.6 is 0 Å². The minimum absolute atomic E-state index is 0.347. The van der Waals surface area contributed by atoms with Gasteiger partial charge in [0.15, 0.2) is 0 Å². The maximum absolute atomic E-state index is 12.3. The van der Waals surface area contributed by atoms with Crippen molar-refractivity contribution in [1.82, 2.24) is 0 Å². The first kappa shape index (κ1) is 31.8. The van der Waals surface area contributed by atoms with Crippen LogP contribution in [-0.4, -0.2) is 35.5 Å². The first-order valence-electron chi connectivity index (χ1n) is 14.8. The van der Waals surface area contributed by atoms with Gasteiger partial charge >= 0.3 is 6.16 Å². The zero-order valence-corrected chi connectivity index (χ0v) is 26.7. The average Bonchev–Trinajstić information content (AvgIpc) is 2.98. The number of rotatable bonds is 16. The molecule has 0 aliphatic rings. The Morgan fingerprint density at radius 3 is 1.18 bits per heavy atom. The van der Waals surface area contributed by atoms with Crippen molar-refractivity contribution in [2.24, 2.45) is 0 Å². The summed E-state index contributed by atoms with van der Waals surface area (Å²) in [6, 6.07) is 28.8. The monoisotopic (exact) mass is 550 g/mol. The molecule has 2 aromatic carbocycles. The van der Waals surface area contributed by atoms with E-state index < -0.39 is 22.3 Å². The number of carbonyl (C=O) groups excluding carboxylic acids is 1. The number of hydrogen-bond donors (Lipinski definition) is 0. The van der Waals surface area contributed by atoms with Crippen molar-refractivity contribution in [3.8, 4) is 0 Å². The Morgan fingerprint density at radius 2 is 0.895 bits per heavy atom. The Kier molecular flexibility index (Phi) is 13.9. The fourth-order valence-electron chi connectivity index (χ4n) is 5.89. The number of hydrogen-bond acceptors (Lipinski definition) is 3. The van der Waals surface area contributed by atoms with Gasteiger partial charge in [0, 0.05) is 0 Å². The molecule has 2 aromatic rings. The molecule has 0 atom stereocenters. The highest BCUT2D eigenvalue weighted by molar-refractivity contribution is 6.97. The minimum atomic E-state index is -1.57. The predicted molar refractivity (Wildman–Crippen MR) is 170 cm³/mol. The van der Waals surface area contributed by atoms with E-state index in [1.807, 2.05) is 0 Å². The summed E-state index contributed by atoms with van der Waals surface area (Å²) in [4.78, 5) is 12.3. The molecule has 0 aliphatic heterocycles. The lowest BCUT2D eigenvalue weighted by molar-refractivity contribution is 0.0578. The maximum atomic E-state index is 12.3. The van der Waals surface area contributed by atoms with Crippen LogP contribution in [0.15, 0.2) is 72.8 Å². The molecule has 0 unspecified atom stereocenters. The number of carbonyl (C=O) groups is 1. The van der Waals surface area contributed by atoms with E-state index in [1.54, 1.807) is 0 Å². The zero-order valence-electron chi connectivity index (χ0n) is 24.7. The molecule has 0 bridgehead atoms. The van der Waals surface area contributed by atoms with Crippen LogP contribution in [0.3, 0.4) is 0 Å². The minimum Gasteiger partial charge on any atom is -0.434 e. The fourth-order valence-corrected chi connectivity index (χ4v) is 13.9. The van der Waals surface area contributed by atoms with E-state index >= 15 is 0 Å². The Labute approximate surface area is 234 Å². The molecule has 0 spiro atoms. The molecular formula is C33H50O3Si2. The molecule has 0 amide bonds. The summed E-state index contributed by atoms with van der Waals surface area (Å²) in [5.41, 5.74) is 2.64. The van der Waals surface area contributed by atoms with Gasteiger partial charge < -0.3 is 9.47 Å². The Balaban J connectivity index is 1.99. The standard InChI is InChI=1S/C33H50O3Si2/c1-7-37(8-2,9-3)31(29-21-15-13-16-22-29)25-19-27-35-33(34)36-28-20-26-32(30-23-17-14-18-24-30)38(10-4,11-5)12-6/h13-18,21-26H,7-12,19-20,27-28H2,1-6H3. The van der Waals surface area contributed by atoms with Gasteiger partial charge in [-0.3, -0.25) is 0 Å². The van der Waals surface area contributed by atoms with Crippen LogP contribution in [0.5, 0.6) is 0 Å². The molecule has 0 aliphatic carbocycles. The molecule has 0 N–H and O–H groups in total. The highest BCUT2D eigenvalue weighted by atomic mass is 28.3. The van der Waals surface area contributed by atoms with Crippen LogP contribution in [0.25, 0.3) is 10.4 Å². The van der Waals surface area contributed by atoms with Crippen LogP contribution < -0.4 is 0 Å². The molecule has 0 aromatic heterocycles. The summed E-state index contributed by atoms with van der Waals surface area (Å²) >= 11 is 0. The lowest BCUT2D eigenvalue weighted by atomic mass is 10.2. The molecule has 3 nitrogen and oxygen atoms in total. The van der Waals surface area contributed by atoms with E-state index in [0.29, 0.717) is 26.1 Å². The van der Waals surface area contributed by atoms with E-state index in [4.69, 9.17) is 9.47 Å². The van der Waals surface area contributed by atoms with Gasteiger partial charge in [-0.1, -0.05) is 161 Å². The molecule has 2 rings (SSSR count). The fraction of sp³-hybridized carbons (Fsp3) is 0.485. The van der Waals surface area contributed by atoms with E-state index in [9.17, 15) is 4.79 Å². The van der Waals surface area contributed by atoms with Gasteiger partial charge in [0.05, 0.1) is 29.4 Å². The summed E-state index contributed by atoms with van der Waals surface area (Å²) in [5, 5.41) is 2.99. The third kappa shape index (κ3) is 8.31. The quantitative estimate of drug-likeness (QED) is 0.118. The van der Waals surface area contributed by atoms with Crippen molar-refractivity contribution in [2.45, 2.75) is 90.6 Å². The normalized spacial score (nSPS) is 12.9. The lowest BCUT2D eigenvalue weighted by Gasteiger charge is -2.32. The highest BCUT2D eigenvalue weighted by Gasteiger charge is 2.33. The van der Waals surface area contributed by atoms with Crippen molar-refractivity contribution in [2.75, 3.05) is 13.2 Å². The van der Waals surface area contributed by atoms with Crippen LogP contribution in [0.4, 0.5) is 4.79 Å². The lowest BCUT2D eigenvalue weighted by Crippen LogP contribution is -2.33. The molecule has 0 saturated heterocycles. The van der Waals surface area contributed by atoms with Crippen LogP contribution in [0, 0.1) is 0 Å². The first-order valence-corrected chi connectivity index (χ1v) is 20.0. The van der Waals surface area contributed by atoms with Crippen molar-refractivity contribution < 1.29 is 14.3 Å². The molecule has 0 radical (unpaired) electrons.